The Hall–Kier alpha value is -1.65. The van der Waals surface area contributed by atoms with E-state index in [1.54, 1.807) is 13.8 Å². The number of ether oxygens (including phenoxy) is 1. The van der Waals surface area contributed by atoms with Gasteiger partial charge in [0.05, 0.1) is 30.6 Å². The molecule has 0 bridgehead atoms. The summed E-state index contributed by atoms with van der Waals surface area (Å²) in [4.78, 5) is 12.5. The average molecular weight is 274 g/mol. The van der Waals surface area contributed by atoms with Crippen molar-refractivity contribution in [3.8, 4) is 0 Å². The van der Waals surface area contributed by atoms with E-state index in [0.29, 0.717) is 41.1 Å². The van der Waals surface area contributed by atoms with E-state index in [9.17, 15) is 9.90 Å². The Morgan fingerprint density at radius 3 is 2.55 bits per heavy atom. The van der Waals surface area contributed by atoms with Crippen molar-refractivity contribution in [2.24, 2.45) is 0 Å². The Morgan fingerprint density at radius 2 is 2.00 bits per heavy atom. The van der Waals surface area contributed by atoms with Crippen molar-refractivity contribution < 1.29 is 14.3 Å². The van der Waals surface area contributed by atoms with Crippen LogP contribution in [0.15, 0.2) is 21.3 Å². The summed E-state index contributed by atoms with van der Waals surface area (Å²) in [6.07, 6.45) is -0.672. The molecule has 0 radical (unpaired) electrons. The topological polar surface area (TPSA) is 59.7 Å². The highest BCUT2D eigenvalue weighted by atomic mass is 16.5. The predicted octanol–water partition coefficient (Wildman–Crippen LogP) is 2.58. The second-order valence-electron chi connectivity index (χ2n) is 5.56. The van der Waals surface area contributed by atoms with Gasteiger partial charge in [-0.25, -0.2) is 0 Å². The lowest BCUT2D eigenvalue weighted by Gasteiger charge is -2.26. The molecule has 1 aromatic carbocycles. The number of benzene rings is 1. The number of aliphatic hydroxyl groups is 1. The van der Waals surface area contributed by atoms with Gasteiger partial charge in [0.15, 0.2) is 5.43 Å². The van der Waals surface area contributed by atoms with Crippen molar-refractivity contribution >= 4 is 11.0 Å². The molecule has 20 heavy (non-hydrogen) atoms. The monoisotopic (exact) mass is 274 g/mol. The van der Waals surface area contributed by atoms with E-state index in [0.717, 1.165) is 5.56 Å². The van der Waals surface area contributed by atoms with Crippen molar-refractivity contribution in [2.45, 2.75) is 32.8 Å². The lowest BCUT2D eigenvalue weighted by molar-refractivity contribution is -0.000431. The zero-order valence-electron chi connectivity index (χ0n) is 11.9. The second-order valence-corrected chi connectivity index (χ2v) is 5.56. The molecule has 0 spiro atoms. The van der Waals surface area contributed by atoms with Gasteiger partial charge in [0, 0.05) is 11.1 Å². The van der Waals surface area contributed by atoms with E-state index in [2.05, 4.69) is 0 Å². The molecule has 0 amide bonds. The molecule has 1 N–H and O–H groups in total. The molecule has 1 saturated heterocycles. The number of aliphatic hydroxyl groups excluding tert-OH is 1. The van der Waals surface area contributed by atoms with Gasteiger partial charge in [-0.1, -0.05) is 0 Å². The van der Waals surface area contributed by atoms with Crippen molar-refractivity contribution in [1.29, 1.82) is 0 Å². The minimum atomic E-state index is -0.672. The molecule has 0 aliphatic carbocycles. The Labute approximate surface area is 117 Å². The number of aryl methyl sites for hydroxylation is 1. The summed E-state index contributed by atoms with van der Waals surface area (Å²) in [5.41, 5.74) is 2.74. The molecule has 2 aromatic rings. The van der Waals surface area contributed by atoms with E-state index in [-0.39, 0.29) is 11.3 Å². The van der Waals surface area contributed by atoms with Gasteiger partial charge in [-0.05, 0) is 38.5 Å². The SMILES string of the molecule is Cc1cc([C@H](C)O)c2oc(C3COC3)c(C)c(=O)c2c1. The summed E-state index contributed by atoms with van der Waals surface area (Å²) in [5.74, 6) is 0.842. The Bertz CT molecular complexity index is 723. The molecule has 1 atom stereocenters. The van der Waals surface area contributed by atoms with Crippen LogP contribution in [0.1, 0.15) is 41.4 Å². The van der Waals surface area contributed by atoms with Crippen LogP contribution >= 0.6 is 0 Å². The smallest absolute Gasteiger partial charge is 0.195 e. The van der Waals surface area contributed by atoms with Crippen LogP contribution in [0.4, 0.5) is 0 Å². The Morgan fingerprint density at radius 1 is 1.30 bits per heavy atom. The number of hydrogen-bond acceptors (Lipinski definition) is 4. The fourth-order valence-electron chi connectivity index (χ4n) is 2.67. The molecule has 4 heteroatoms. The van der Waals surface area contributed by atoms with Gasteiger partial charge in [0.1, 0.15) is 11.3 Å². The fourth-order valence-corrected chi connectivity index (χ4v) is 2.67. The van der Waals surface area contributed by atoms with Gasteiger partial charge >= 0.3 is 0 Å². The van der Waals surface area contributed by atoms with Gasteiger partial charge in [-0.2, -0.15) is 0 Å². The van der Waals surface area contributed by atoms with Crippen molar-refractivity contribution in [3.63, 3.8) is 0 Å². The normalized spacial score (nSPS) is 17.2. The van der Waals surface area contributed by atoms with Crippen molar-refractivity contribution in [2.75, 3.05) is 13.2 Å². The fraction of sp³-hybridized carbons (Fsp3) is 0.438. The minimum absolute atomic E-state index is 0.0150. The highest BCUT2D eigenvalue weighted by Crippen LogP contribution is 2.31. The minimum Gasteiger partial charge on any atom is -0.460 e. The summed E-state index contributed by atoms with van der Waals surface area (Å²) < 4.78 is 11.2. The molecular formula is C16H18O4. The molecule has 1 fully saturated rings. The summed E-state index contributed by atoms with van der Waals surface area (Å²) in [7, 11) is 0. The molecular weight excluding hydrogens is 256 g/mol. The van der Waals surface area contributed by atoms with Gasteiger partial charge < -0.3 is 14.3 Å². The summed E-state index contributed by atoms with van der Waals surface area (Å²) in [6.45, 7) is 6.56. The molecule has 1 aliphatic heterocycles. The Kier molecular flexibility index (Phi) is 3.15. The van der Waals surface area contributed by atoms with Crippen LogP contribution in [-0.4, -0.2) is 18.3 Å². The number of fused-ring (bicyclic) bond motifs is 1. The lowest BCUT2D eigenvalue weighted by Crippen LogP contribution is -2.27. The molecule has 1 aliphatic rings. The molecule has 1 aromatic heterocycles. The second kappa shape index (κ2) is 4.72. The number of rotatable bonds is 2. The molecule has 4 nitrogen and oxygen atoms in total. The maximum atomic E-state index is 12.5. The van der Waals surface area contributed by atoms with E-state index in [4.69, 9.17) is 9.15 Å². The maximum absolute atomic E-state index is 12.5. The predicted molar refractivity (Wildman–Crippen MR) is 76.2 cm³/mol. The van der Waals surface area contributed by atoms with E-state index in [1.807, 2.05) is 19.1 Å². The first-order chi connectivity index (χ1) is 9.49. The largest absolute Gasteiger partial charge is 0.460 e. The standard InChI is InChI=1S/C16H18O4/c1-8-4-12(10(3)17)16-13(5-8)14(18)9(2)15(20-16)11-6-19-7-11/h4-5,10-11,17H,6-7H2,1-3H3/t10-/m0/s1. The van der Waals surface area contributed by atoms with Gasteiger partial charge in [0.2, 0.25) is 0 Å². The molecule has 3 rings (SSSR count). The Balaban J connectivity index is 2.36. The quantitative estimate of drug-likeness (QED) is 0.914. The third-order valence-corrected chi connectivity index (χ3v) is 3.89. The van der Waals surface area contributed by atoms with E-state index < -0.39 is 6.10 Å². The van der Waals surface area contributed by atoms with Crippen LogP contribution in [0, 0.1) is 13.8 Å². The van der Waals surface area contributed by atoms with Gasteiger partial charge in [-0.3, -0.25) is 4.79 Å². The molecule has 0 saturated carbocycles. The van der Waals surface area contributed by atoms with Crippen LogP contribution in [0.5, 0.6) is 0 Å². The summed E-state index contributed by atoms with van der Waals surface area (Å²) >= 11 is 0. The first-order valence-corrected chi connectivity index (χ1v) is 6.82. The molecule has 2 heterocycles. The molecule has 0 unspecified atom stereocenters. The first-order valence-electron chi connectivity index (χ1n) is 6.82. The lowest BCUT2D eigenvalue weighted by atomic mass is 9.97. The van der Waals surface area contributed by atoms with Crippen LogP contribution in [0.25, 0.3) is 11.0 Å². The zero-order chi connectivity index (χ0) is 14.4. The number of hydrogen-bond donors (Lipinski definition) is 1. The van der Waals surface area contributed by atoms with Crippen LogP contribution < -0.4 is 5.43 Å². The van der Waals surface area contributed by atoms with Crippen LogP contribution in [0.3, 0.4) is 0 Å². The first kappa shape index (κ1) is 13.3. The van der Waals surface area contributed by atoms with Gasteiger partial charge in [0.25, 0.3) is 0 Å². The van der Waals surface area contributed by atoms with Crippen LogP contribution in [-0.2, 0) is 4.74 Å². The summed E-state index contributed by atoms with van der Waals surface area (Å²) in [5, 5.41) is 10.5. The van der Waals surface area contributed by atoms with Crippen molar-refractivity contribution in [3.05, 3.63) is 44.8 Å². The van der Waals surface area contributed by atoms with Crippen molar-refractivity contribution in [1.82, 2.24) is 0 Å². The van der Waals surface area contributed by atoms with Gasteiger partial charge in [-0.15, -0.1) is 0 Å². The van der Waals surface area contributed by atoms with Crippen LogP contribution in [0.2, 0.25) is 0 Å². The van der Waals surface area contributed by atoms with E-state index >= 15 is 0 Å². The average Bonchev–Trinajstić information content (AvgIpc) is 2.33. The third-order valence-electron chi connectivity index (χ3n) is 3.89. The summed E-state index contributed by atoms with van der Waals surface area (Å²) in [6, 6.07) is 3.69. The van der Waals surface area contributed by atoms with E-state index in [1.165, 1.54) is 0 Å². The maximum Gasteiger partial charge on any atom is 0.195 e. The zero-order valence-corrected chi connectivity index (χ0v) is 11.9. The third kappa shape index (κ3) is 1.96. The highest BCUT2D eigenvalue weighted by Gasteiger charge is 2.27. The molecule has 106 valence electrons. The highest BCUT2D eigenvalue weighted by molar-refractivity contribution is 5.81.